The Balaban J connectivity index is 1.40. The summed E-state index contributed by atoms with van der Waals surface area (Å²) in [4.78, 5) is 50.9. The molecular formula is C33H43F2N5O4. The lowest BCUT2D eigenvalue weighted by atomic mass is 9.88. The highest BCUT2D eigenvalue weighted by Gasteiger charge is 2.44. The van der Waals surface area contributed by atoms with Gasteiger partial charge in [-0.1, -0.05) is 44.2 Å². The molecule has 0 N–H and O–H groups in total. The molecule has 0 saturated carbocycles. The summed E-state index contributed by atoms with van der Waals surface area (Å²) >= 11 is 0. The summed E-state index contributed by atoms with van der Waals surface area (Å²) in [5.41, 5.74) is -0.553. The molecule has 1 aromatic carbocycles. The largest absolute Gasteiger partial charge is 0.444 e. The van der Waals surface area contributed by atoms with Gasteiger partial charge in [-0.3, -0.25) is 19.5 Å². The van der Waals surface area contributed by atoms with Crippen molar-refractivity contribution in [2.24, 2.45) is 0 Å². The van der Waals surface area contributed by atoms with Crippen LogP contribution < -0.4 is 4.90 Å². The fourth-order valence-corrected chi connectivity index (χ4v) is 6.41. The fraction of sp³-hybridized carbons (Fsp3) is 0.576. The molecule has 9 nitrogen and oxygen atoms in total. The summed E-state index contributed by atoms with van der Waals surface area (Å²) in [5.74, 6) is -3.50. The topological polar surface area (TPSA) is 86.3 Å². The lowest BCUT2D eigenvalue weighted by molar-refractivity contribution is -0.129. The number of benzene rings is 1. The van der Waals surface area contributed by atoms with Crippen molar-refractivity contribution in [2.75, 3.05) is 44.2 Å². The van der Waals surface area contributed by atoms with Crippen molar-refractivity contribution in [3.05, 3.63) is 59.4 Å². The molecule has 5 rings (SSSR count). The molecule has 2 aromatic rings. The number of carbonyl (C=O) groups is 3. The highest BCUT2D eigenvalue weighted by Crippen LogP contribution is 2.44. The second-order valence-corrected chi connectivity index (χ2v) is 13.9. The van der Waals surface area contributed by atoms with Gasteiger partial charge in [0.05, 0.1) is 12.2 Å². The smallest absolute Gasteiger partial charge is 0.410 e. The molecule has 1 aromatic heterocycles. The zero-order chi connectivity index (χ0) is 32.0. The number of alkyl halides is 2. The van der Waals surface area contributed by atoms with Gasteiger partial charge in [-0.2, -0.15) is 8.78 Å². The average Bonchev–Trinajstić information content (AvgIpc) is 3.48. The monoisotopic (exact) mass is 611 g/mol. The maximum absolute atomic E-state index is 15.5. The van der Waals surface area contributed by atoms with Crippen LogP contribution in [-0.4, -0.2) is 94.5 Å². The molecule has 2 fully saturated rings. The molecule has 0 unspecified atom stereocenters. The van der Waals surface area contributed by atoms with E-state index in [0.717, 1.165) is 12.0 Å². The Morgan fingerprint density at radius 2 is 1.82 bits per heavy atom. The standard InChI is InChI=1S/C33H43F2N5O4/c1-22-17-38(24(18-37-14-10-13-28(37)41)19-39(22)30(43)44-31(2,3)4)20-29(42)40-21-32(5,6)25-16-36-27(15-26(25)40)33(34,35)23-11-8-7-9-12-23/h7-9,11-12,15-16,22,24H,10,13-14,17-21H2,1-6H3/t22-,24+/m1/s1. The molecule has 2 saturated heterocycles. The molecule has 4 heterocycles. The van der Waals surface area contributed by atoms with Gasteiger partial charge in [0, 0.05) is 74.0 Å². The van der Waals surface area contributed by atoms with E-state index in [1.165, 1.54) is 24.4 Å². The summed E-state index contributed by atoms with van der Waals surface area (Å²) < 4.78 is 36.7. The number of anilines is 1. The van der Waals surface area contributed by atoms with Crippen molar-refractivity contribution < 1.29 is 27.9 Å². The van der Waals surface area contributed by atoms with Crippen LogP contribution in [0.25, 0.3) is 0 Å². The first kappa shape index (κ1) is 31.8. The Morgan fingerprint density at radius 3 is 2.45 bits per heavy atom. The van der Waals surface area contributed by atoms with Crippen molar-refractivity contribution in [1.82, 2.24) is 19.7 Å². The van der Waals surface area contributed by atoms with Gasteiger partial charge in [0.1, 0.15) is 11.3 Å². The van der Waals surface area contributed by atoms with Crippen molar-refractivity contribution in [3.8, 4) is 0 Å². The maximum Gasteiger partial charge on any atom is 0.410 e. The van der Waals surface area contributed by atoms with Crippen LogP contribution in [0.5, 0.6) is 0 Å². The number of ether oxygens (including phenoxy) is 1. The molecule has 0 bridgehead atoms. The fourth-order valence-electron chi connectivity index (χ4n) is 6.41. The Kier molecular flexibility index (Phi) is 8.48. The summed E-state index contributed by atoms with van der Waals surface area (Å²) in [6.07, 6.45) is 2.31. The van der Waals surface area contributed by atoms with Crippen LogP contribution in [0.15, 0.2) is 42.6 Å². The van der Waals surface area contributed by atoms with Crippen LogP contribution in [0, 0.1) is 0 Å². The number of likely N-dealkylation sites (tertiary alicyclic amines) is 1. The molecule has 2 atom stereocenters. The minimum Gasteiger partial charge on any atom is -0.444 e. The number of aromatic nitrogens is 1. The molecule has 0 spiro atoms. The van der Waals surface area contributed by atoms with E-state index >= 15 is 8.78 Å². The number of halogens is 2. The van der Waals surface area contributed by atoms with E-state index in [4.69, 9.17) is 4.74 Å². The minimum absolute atomic E-state index is 0.0153. The lowest BCUT2D eigenvalue weighted by Gasteiger charge is -2.46. The minimum atomic E-state index is -3.33. The number of piperazine rings is 1. The van der Waals surface area contributed by atoms with E-state index in [2.05, 4.69) is 4.98 Å². The Morgan fingerprint density at radius 1 is 1.11 bits per heavy atom. The zero-order valence-corrected chi connectivity index (χ0v) is 26.5. The Bertz CT molecular complexity index is 1410. The van der Waals surface area contributed by atoms with E-state index in [-0.39, 0.29) is 36.0 Å². The zero-order valence-electron chi connectivity index (χ0n) is 26.5. The number of fused-ring (bicyclic) bond motifs is 1. The first-order valence-electron chi connectivity index (χ1n) is 15.3. The number of pyridine rings is 1. The molecule has 3 aliphatic heterocycles. The Labute approximate surface area is 258 Å². The normalized spacial score (nSPS) is 22.4. The van der Waals surface area contributed by atoms with Gasteiger partial charge >= 0.3 is 12.0 Å². The molecule has 44 heavy (non-hydrogen) atoms. The number of amides is 3. The molecule has 238 valence electrons. The van der Waals surface area contributed by atoms with Gasteiger partial charge in [0.2, 0.25) is 11.8 Å². The molecule has 0 aliphatic carbocycles. The SMILES string of the molecule is C[C@@H]1CN(CC(=O)N2CC(C)(C)c3cnc(C(F)(F)c4ccccc4)cc32)[C@@H](CN2CCCC2=O)CN1C(=O)OC(C)(C)C. The van der Waals surface area contributed by atoms with Crippen molar-refractivity contribution in [2.45, 2.75) is 83.4 Å². The lowest BCUT2D eigenvalue weighted by Crippen LogP contribution is -2.63. The van der Waals surface area contributed by atoms with Gasteiger partial charge in [0.15, 0.2) is 0 Å². The van der Waals surface area contributed by atoms with Crippen LogP contribution in [0.2, 0.25) is 0 Å². The molecule has 11 heteroatoms. The molecule has 3 aliphatic rings. The highest BCUT2D eigenvalue weighted by molar-refractivity contribution is 5.97. The van der Waals surface area contributed by atoms with Crippen LogP contribution >= 0.6 is 0 Å². The number of carbonyl (C=O) groups excluding carboxylic acids is 3. The van der Waals surface area contributed by atoms with E-state index in [1.807, 2.05) is 46.4 Å². The van der Waals surface area contributed by atoms with Gasteiger partial charge in [-0.15, -0.1) is 0 Å². The van der Waals surface area contributed by atoms with Gasteiger partial charge in [-0.05, 0) is 40.2 Å². The number of hydrogen-bond donors (Lipinski definition) is 0. The summed E-state index contributed by atoms with van der Waals surface area (Å²) in [6, 6.07) is 8.34. The third-order valence-electron chi connectivity index (χ3n) is 8.74. The van der Waals surface area contributed by atoms with Crippen molar-refractivity contribution >= 4 is 23.6 Å². The van der Waals surface area contributed by atoms with Crippen LogP contribution in [0.4, 0.5) is 19.3 Å². The number of hydrogen-bond acceptors (Lipinski definition) is 6. The van der Waals surface area contributed by atoms with E-state index in [1.54, 1.807) is 32.9 Å². The van der Waals surface area contributed by atoms with Gasteiger partial charge < -0.3 is 19.4 Å². The first-order valence-corrected chi connectivity index (χ1v) is 15.3. The number of nitrogens with zero attached hydrogens (tertiary/aromatic N) is 5. The van der Waals surface area contributed by atoms with Crippen LogP contribution in [0.3, 0.4) is 0 Å². The van der Waals surface area contributed by atoms with E-state index < -0.39 is 28.7 Å². The van der Waals surface area contributed by atoms with Gasteiger partial charge in [-0.25, -0.2) is 4.79 Å². The second kappa shape index (κ2) is 11.7. The molecule has 3 amide bonds. The van der Waals surface area contributed by atoms with Crippen LogP contribution in [0.1, 0.15) is 71.2 Å². The third-order valence-corrected chi connectivity index (χ3v) is 8.74. The third kappa shape index (κ3) is 6.43. The van der Waals surface area contributed by atoms with Gasteiger partial charge in [0.25, 0.3) is 0 Å². The predicted octanol–water partition coefficient (Wildman–Crippen LogP) is 4.78. The van der Waals surface area contributed by atoms with Crippen molar-refractivity contribution in [1.29, 1.82) is 0 Å². The summed E-state index contributed by atoms with van der Waals surface area (Å²) in [6.45, 7) is 13.4. The maximum atomic E-state index is 15.5. The Hall–Kier alpha value is -3.60. The predicted molar refractivity (Wildman–Crippen MR) is 163 cm³/mol. The number of rotatable bonds is 6. The van der Waals surface area contributed by atoms with Crippen LogP contribution in [-0.2, 0) is 25.7 Å². The summed E-state index contributed by atoms with van der Waals surface area (Å²) in [5, 5.41) is 0. The average molecular weight is 612 g/mol. The second-order valence-electron chi connectivity index (χ2n) is 13.9. The highest BCUT2D eigenvalue weighted by atomic mass is 19.3. The van der Waals surface area contributed by atoms with Crippen molar-refractivity contribution in [3.63, 3.8) is 0 Å². The summed E-state index contributed by atoms with van der Waals surface area (Å²) in [7, 11) is 0. The quantitative estimate of drug-likeness (QED) is 0.468. The molecular weight excluding hydrogens is 568 g/mol. The van der Waals surface area contributed by atoms with E-state index in [0.29, 0.717) is 44.8 Å². The van der Waals surface area contributed by atoms with E-state index in [9.17, 15) is 14.4 Å². The first-order chi connectivity index (χ1) is 20.6. The molecule has 0 radical (unpaired) electrons.